The van der Waals surface area contributed by atoms with E-state index >= 15 is 0 Å². The molecule has 0 fully saturated rings. The molecule has 0 aromatic heterocycles. The van der Waals surface area contributed by atoms with E-state index in [1.165, 1.54) is 13.3 Å². The van der Waals surface area contributed by atoms with Crippen LogP contribution in [0.15, 0.2) is 39.9 Å². The molecule has 8 heteroatoms. The summed E-state index contributed by atoms with van der Waals surface area (Å²) in [6.45, 7) is 3.90. The van der Waals surface area contributed by atoms with Gasteiger partial charge < -0.3 is 15.2 Å². The quantitative estimate of drug-likeness (QED) is 0.445. The molecule has 3 N–H and O–H groups in total. The number of phenols is 1. The number of benzene rings is 2. The molecule has 0 radical (unpaired) electrons. The average molecular weight is 448 g/mol. The number of amides is 2. The van der Waals surface area contributed by atoms with Crippen molar-refractivity contribution in [3.05, 3.63) is 51.5 Å². The lowest BCUT2D eigenvalue weighted by molar-refractivity contribution is -0.124. The first kappa shape index (κ1) is 21.4. The summed E-state index contributed by atoms with van der Waals surface area (Å²) in [6, 6.07) is 8.90. The largest absolute Gasteiger partial charge is 0.504 e. The molecule has 0 aliphatic heterocycles. The number of halogens is 1. The highest BCUT2D eigenvalue weighted by Crippen LogP contribution is 2.32. The molecule has 0 saturated carbocycles. The summed E-state index contributed by atoms with van der Waals surface area (Å²) in [4.78, 5) is 23.9. The minimum Gasteiger partial charge on any atom is -0.504 e. The minimum absolute atomic E-state index is 0.0121. The summed E-state index contributed by atoms with van der Waals surface area (Å²) < 4.78 is 5.74. The molecule has 0 unspecified atom stereocenters. The fourth-order valence-corrected chi connectivity index (χ4v) is 2.86. The van der Waals surface area contributed by atoms with E-state index in [9.17, 15) is 14.7 Å². The number of nitrogens with zero attached hydrogens (tertiary/aromatic N) is 1. The number of rotatable bonds is 7. The van der Waals surface area contributed by atoms with Crippen LogP contribution >= 0.6 is 15.9 Å². The molecular weight excluding hydrogens is 426 g/mol. The van der Waals surface area contributed by atoms with Gasteiger partial charge in [0.25, 0.3) is 0 Å². The number of methoxy groups -OCH3 is 1. The van der Waals surface area contributed by atoms with E-state index in [1.807, 2.05) is 32.0 Å². The Morgan fingerprint density at radius 2 is 1.93 bits per heavy atom. The molecule has 28 heavy (non-hydrogen) atoms. The monoisotopic (exact) mass is 447 g/mol. The second-order valence-electron chi connectivity index (χ2n) is 6.13. The van der Waals surface area contributed by atoms with Gasteiger partial charge in [-0.1, -0.05) is 28.1 Å². The fraction of sp³-hybridized carbons (Fsp3) is 0.250. The molecule has 2 aromatic rings. The van der Waals surface area contributed by atoms with Crippen molar-refractivity contribution in [1.82, 2.24) is 5.43 Å². The van der Waals surface area contributed by atoms with Crippen molar-refractivity contribution in [1.29, 1.82) is 0 Å². The fourth-order valence-electron chi connectivity index (χ4n) is 2.40. The first-order valence-electron chi connectivity index (χ1n) is 8.56. The number of phenolic OH excluding ortho intramolecular Hbond substituents is 1. The van der Waals surface area contributed by atoms with Gasteiger partial charge in [0.05, 0.1) is 13.3 Å². The summed E-state index contributed by atoms with van der Waals surface area (Å²) >= 11 is 3.30. The number of hydrogen-bond donors (Lipinski definition) is 3. The van der Waals surface area contributed by atoms with Crippen molar-refractivity contribution in [3.8, 4) is 11.5 Å². The lowest BCUT2D eigenvalue weighted by Gasteiger charge is -2.10. The Morgan fingerprint density at radius 3 is 2.64 bits per heavy atom. The Hall–Kier alpha value is -2.87. The molecule has 0 heterocycles. The zero-order valence-corrected chi connectivity index (χ0v) is 17.5. The maximum atomic E-state index is 12.0. The van der Waals surface area contributed by atoms with E-state index < -0.39 is 5.91 Å². The standard InChI is InChI=1S/C20H22BrN3O4/c1-12-5-4-6-16(13(12)2)23-18(25)7-8-19(26)24-22-11-14-9-15(21)10-17(28-3)20(14)27/h4-6,9-11,27H,7-8H2,1-3H3,(H,23,25)(H,24,26). The molecule has 0 aliphatic rings. The molecule has 0 bridgehead atoms. The van der Waals surface area contributed by atoms with Gasteiger partial charge in [-0.05, 0) is 43.2 Å². The smallest absolute Gasteiger partial charge is 0.240 e. The molecule has 0 aliphatic carbocycles. The molecule has 2 rings (SSSR count). The van der Waals surface area contributed by atoms with Gasteiger partial charge in [0, 0.05) is 28.6 Å². The number of hydrogen-bond acceptors (Lipinski definition) is 5. The zero-order valence-electron chi connectivity index (χ0n) is 15.9. The number of carbonyl (C=O) groups excluding carboxylic acids is 2. The van der Waals surface area contributed by atoms with Gasteiger partial charge in [-0.3, -0.25) is 9.59 Å². The lowest BCUT2D eigenvalue weighted by Crippen LogP contribution is -2.21. The van der Waals surface area contributed by atoms with Gasteiger partial charge in [0.15, 0.2) is 11.5 Å². The van der Waals surface area contributed by atoms with Crippen molar-refractivity contribution in [2.75, 3.05) is 12.4 Å². The van der Waals surface area contributed by atoms with Crippen LogP contribution in [0, 0.1) is 13.8 Å². The highest BCUT2D eigenvalue weighted by molar-refractivity contribution is 9.10. The van der Waals surface area contributed by atoms with Crippen LogP contribution in [-0.2, 0) is 9.59 Å². The van der Waals surface area contributed by atoms with Gasteiger partial charge in [-0.15, -0.1) is 0 Å². The maximum Gasteiger partial charge on any atom is 0.240 e. The van der Waals surface area contributed by atoms with Gasteiger partial charge >= 0.3 is 0 Å². The number of ether oxygens (including phenoxy) is 1. The Morgan fingerprint density at radius 1 is 1.21 bits per heavy atom. The number of hydrazone groups is 1. The first-order valence-corrected chi connectivity index (χ1v) is 9.35. The van der Waals surface area contributed by atoms with E-state index in [-0.39, 0.29) is 30.2 Å². The van der Waals surface area contributed by atoms with Gasteiger partial charge in [-0.25, -0.2) is 5.43 Å². The molecule has 0 atom stereocenters. The van der Waals surface area contributed by atoms with Crippen LogP contribution < -0.4 is 15.5 Å². The summed E-state index contributed by atoms with van der Waals surface area (Å²) in [5.41, 5.74) is 5.53. The van der Waals surface area contributed by atoms with Crippen molar-refractivity contribution in [2.45, 2.75) is 26.7 Å². The summed E-state index contributed by atoms with van der Waals surface area (Å²) in [5.74, 6) is -0.460. The number of aromatic hydroxyl groups is 1. The average Bonchev–Trinajstić information content (AvgIpc) is 2.66. The van der Waals surface area contributed by atoms with Crippen LogP contribution in [0.3, 0.4) is 0 Å². The molecule has 0 saturated heterocycles. The summed E-state index contributed by atoms with van der Waals surface area (Å²) in [5, 5.41) is 16.7. The lowest BCUT2D eigenvalue weighted by atomic mass is 10.1. The molecule has 2 amide bonds. The Bertz CT molecular complexity index is 913. The highest BCUT2D eigenvalue weighted by Gasteiger charge is 2.10. The van der Waals surface area contributed by atoms with E-state index in [0.29, 0.717) is 10.0 Å². The van der Waals surface area contributed by atoms with Crippen LogP contribution in [-0.4, -0.2) is 30.2 Å². The number of aryl methyl sites for hydroxylation is 1. The van der Waals surface area contributed by atoms with Crippen molar-refractivity contribution in [2.24, 2.45) is 5.10 Å². The van der Waals surface area contributed by atoms with Crippen molar-refractivity contribution >= 4 is 39.6 Å². The third-order valence-electron chi connectivity index (χ3n) is 4.14. The predicted octanol–water partition coefficient (Wildman–Crippen LogP) is 3.65. The van der Waals surface area contributed by atoms with E-state index in [2.05, 4.69) is 31.8 Å². The van der Waals surface area contributed by atoms with Gasteiger partial charge in [-0.2, -0.15) is 5.10 Å². The molecule has 148 valence electrons. The Kier molecular flexibility index (Phi) is 7.57. The van der Waals surface area contributed by atoms with Crippen LogP contribution in [0.25, 0.3) is 0 Å². The SMILES string of the molecule is COc1cc(Br)cc(C=NNC(=O)CCC(=O)Nc2cccc(C)c2C)c1O. The highest BCUT2D eigenvalue weighted by atomic mass is 79.9. The zero-order chi connectivity index (χ0) is 20.7. The molecule has 0 spiro atoms. The van der Waals surface area contributed by atoms with E-state index in [1.54, 1.807) is 12.1 Å². The third kappa shape index (κ3) is 5.82. The minimum atomic E-state index is -0.409. The van der Waals surface area contributed by atoms with Crippen molar-refractivity contribution < 1.29 is 19.4 Å². The maximum absolute atomic E-state index is 12.0. The van der Waals surface area contributed by atoms with Crippen LogP contribution in [0.2, 0.25) is 0 Å². The second-order valence-corrected chi connectivity index (χ2v) is 7.05. The number of nitrogens with one attached hydrogen (secondary N) is 2. The normalized spacial score (nSPS) is 10.7. The predicted molar refractivity (Wildman–Crippen MR) is 112 cm³/mol. The molecule has 2 aromatic carbocycles. The van der Waals surface area contributed by atoms with Gasteiger partial charge in [0.1, 0.15) is 0 Å². The van der Waals surface area contributed by atoms with E-state index in [0.717, 1.165) is 16.8 Å². The van der Waals surface area contributed by atoms with E-state index in [4.69, 9.17) is 4.74 Å². The number of carbonyl (C=O) groups is 2. The van der Waals surface area contributed by atoms with Crippen LogP contribution in [0.5, 0.6) is 11.5 Å². The summed E-state index contributed by atoms with van der Waals surface area (Å²) in [6.07, 6.45) is 1.32. The van der Waals surface area contributed by atoms with Crippen LogP contribution in [0.1, 0.15) is 29.5 Å². The third-order valence-corrected chi connectivity index (χ3v) is 4.60. The van der Waals surface area contributed by atoms with Gasteiger partial charge in [0.2, 0.25) is 11.8 Å². The number of anilines is 1. The molecular formula is C20H22BrN3O4. The Balaban J connectivity index is 1.86. The topological polar surface area (TPSA) is 100 Å². The summed E-state index contributed by atoms with van der Waals surface area (Å²) in [7, 11) is 1.44. The van der Waals surface area contributed by atoms with Crippen molar-refractivity contribution in [3.63, 3.8) is 0 Å². The Labute approximate surface area is 171 Å². The van der Waals surface area contributed by atoms with Crippen LogP contribution in [0.4, 0.5) is 5.69 Å². The second kappa shape index (κ2) is 9.89. The molecule has 7 nitrogen and oxygen atoms in total. The first-order chi connectivity index (χ1) is 13.3.